The summed E-state index contributed by atoms with van der Waals surface area (Å²) < 4.78 is 0. The van der Waals surface area contributed by atoms with Gasteiger partial charge in [-0.05, 0) is 44.6 Å². The molecule has 0 aromatic heterocycles. The quantitative estimate of drug-likeness (QED) is 0.789. The van der Waals surface area contributed by atoms with Crippen LogP contribution in [0.3, 0.4) is 0 Å². The number of carbonyl (C=O) groups is 1. The lowest BCUT2D eigenvalue weighted by molar-refractivity contribution is -0.121. The molecule has 1 heterocycles. The lowest BCUT2D eigenvalue weighted by Crippen LogP contribution is -2.41. The van der Waals surface area contributed by atoms with Gasteiger partial charge in [0.05, 0.1) is 0 Å². The van der Waals surface area contributed by atoms with Crippen LogP contribution in [-0.2, 0) is 4.79 Å². The van der Waals surface area contributed by atoms with E-state index in [4.69, 9.17) is 0 Å². The maximum absolute atomic E-state index is 11.8. The van der Waals surface area contributed by atoms with Crippen LogP contribution < -0.4 is 10.6 Å². The maximum atomic E-state index is 11.8. The van der Waals surface area contributed by atoms with Crippen molar-refractivity contribution in [3.8, 4) is 0 Å². The zero-order chi connectivity index (χ0) is 12.8. The van der Waals surface area contributed by atoms with E-state index in [9.17, 15) is 4.79 Å². The molecule has 0 spiro atoms. The van der Waals surface area contributed by atoms with E-state index in [2.05, 4.69) is 17.6 Å². The minimum atomic E-state index is 0.264. The van der Waals surface area contributed by atoms with E-state index < -0.39 is 0 Å². The first-order chi connectivity index (χ1) is 8.74. The highest BCUT2D eigenvalue weighted by Gasteiger charge is 2.19. The third-order valence-electron chi connectivity index (χ3n) is 4.61. The lowest BCUT2D eigenvalue weighted by atomic mass is 9.95. The minimum Gasteiger partial charge on any atom is -0.356 e. The molecule has 2 N–H and O–H groups in total. The molecule has 0 aromatic carbocycles. The molecule has 3 nitrogen and oxygen atoms in total. The van der Waals surface area contributed by atoms with E-state index in [-0.39, 0.29) is 5.91 Å². The Bertz CT molecular complexity index is 253. The summed E-state index contributed by atoms with van der Waals surface area (Å²) in [5.74, 6) is 1.73. The van der Waals surface area contributed by atoms with Gasteiger partial charge < -0.3 is 10.6 Å². The zero-order valence-electron chi connectivity index (χ0n) is 11.7. The second-order valence-electron chi connectivity index (χ2n) is 6.25. The standard InChI is InChI=1S/C15H28N2O/c1-12-6-7-14(10-16-12)11-17-15(18)9-8-13-4-2-3-5-13/h12-14,16H,2-11H2,1H3,(H,17,18). The van der Waals surface area contributed by atoms with Crippen LogP contribution in [0.4, 0.5) is 0 Å². The summed E-state index contributed by atoms with van der Waals surface area (Å²) in [4.78, 5) is 11.8. The smallest absolute Gasteiger partial charge is 0.220 e. The molecule has 0 aromatic rings. The molecule has 1 saturated carbocycles. The molecule has 2 unspecified atom stereocenters. The molecule has 0 radical (unpaired) electrons. The maximum Gasteiger partial charge on any atom is 0.220 e. The summed E-state index contributed by atoms with van der Waals surface area (Å²) in [6, 6.07) is 0.652. The fourth-order valence-corrected chi connectivity index (χ4v) is 3.21. The van der Waals surface area contributed by atoms with Gasteiger partial charge >= 0.3 is 0 Å². The molecule has 1 amide bonds. The van der Waals surface area contributed by atoms with Crippen molar-refractivity contribution in [2.24, 2.45) is 11.8 Å². The molecular formula is C15H28N2O. The van der Waals surface area contributed by atoms with E-state index in [1.807, 2.05) is 0 Å². The Hall–Kier alpha value is -0.570. The van der Waals surface area contributed by atoms with Crippen molar-refractivity contribution < 1.29 is 4.79 Å². The molecule has 1 aliphatic carbocycles. The van der Waals surface area contributed by atoms with E-state index in [0.29, 0.717) is 12.0 Å². The van der Waals surface area contributed by atoms with Gasteiger partial charge in [0.15, 0.2) is 0 Å². The largest absolute Gasteiger partial charge is 0.356 e. The minimum absolute atomic E-state index is 0.264. The van der Waals surface area contributed by atoms with Crippen LogP contribution in [0.2, 0.25) is 0 Å². The molecule has 3 heteroatoms. The van der Waals surface area contributed by atoms with Crippen molar-refractivity contribution in [3.05, 3.63) is 0 Å². The molecule has 0 bridgehead atoms. The monoisotopic (exact) mass is 252 g/mol. The topological polar surface area (TPSA) is 41.1 Å². The van der Waals surface area contributed by atoms with Crippen LogP contribution in [0, 0.1) is 11.8 Å². The number of nitrogens with one attached hydrogen (secondary N) is 2. The van der Waals surface area contributed by atoms with Crippen LogP contribution in [0.5, 0.6) is 0 Å². The molecule has 2 fully saturated rings. The second kappa shape index (κ2) is 7.13. The number of carbonyl (C=O) groups excluding carboxylic acids is 1. The molecule has 1 aliphatic heterocycles. The fourth-order valence-electron chi connectivity index (χ4n) is 3.21. The average Bonchev–Trinajstić information content (AvgIpc) is 2.89. The van der Waals surface area contributed by atoms with Gasteiger partial charge in [-0.2, -0.15) is 0 Å². The predicted molar refractivity (Wildman–Crippen MR) is 74.4 cm³/mol. The number of hydrogen-bond donors (Lipinski definition) is 2. The zero-order valence-corrected chi connectivity index (χ0v) is 11.7. The van der Waals surface area contributed by atoms with Crippen molar-refractivity contribution >= 4 is 5.91 Å². The Kier molecular flexibility index (Phi) is 5.48. The van der Waals surface area contributed by atoms with E-state index >= 15 is 0 Å². The highest BCUT2D eigenvalue weighted by Crippen LogP contribution is 2.28. The molecule has 104 valence electrons. The average molecular weight is 252 g/mol. The van der Waals surface area contributed by atoms with E-state index in [1.165, 1.54) is 38.5 Å². The summed E-state index contributed by atoms with van der Waals surface area (Å²) in [5.41, 5.74) is 0. The third-order valence-corrected chi connectivity index (χ3v) is 4.61. The van der Waals surface area contributed by atoms with Crippen LogP contribution in [0.15, 0.2) is 0 Å². The van der Waals surface area contributed by atoms with Crippen molar-refractivity contribution in [1.82, 2.24) is 10.6 Å². The first-order valence-corrected chi connectivity index (χ1v) is 7.74. The summed E-state index contributed by atoms with van der Waals surface area (Å²) in [5, 5.41) is 6.59. The summed E-state index contributed by atoms with van der Waals surface area (Å²) >= 11 is 0. The van der Waals surface area contributed by atoms with Crippen molar-refractivity contribution in [1.29, 1.82) is 0 Å². The van der Waals surface area contributed by atoms with Crippen LogP contribution in [0.25, 0.3) is 0 Å². The van der Waals surface area contributed by atoms with Gasteiger partial charge in [-0.25, -0.2) is 0 Å². The first kappa shape index (κ1) is 13.9. The van der Waals surface area contributed by atoms with E-state index in [1.54, 1.807) is 0 Å². The second-order valence-corrected chi connectivity index (χ2v) is 6.25. The Labute approximate surface area is 111 Å². The molecule has 2 rings (SSSR count). The van der Waals surface area contributed by atoms with Gasteiger partial charge in [0.1, 0.15) is 0 Å². The van der Waals surface area contributed by atoms with Gasteiger partial charge in [0.25, 0.3) is 0 Å². The van der Waals surface area contributed by atoms with Crippen molar-refractivity contribution in [3.63, 3.8) is 0 Å². The van der Waals surface area contributed by atoms with Crippen LogP contribution in [-0.4, -0.2) is 25.0 Å². The van der Waals surface area contributed by atoms with Gasteiger partial charge in [-0.15, -0.1) is 0 Å². The SMILES string of the molecule is CC1CCC(CNC(=O)CCC2CCCC2)CN1. The molecular weight excluding hydrogens is 224 g/mol. The first-order valence-electron chi connectivity index (χ1n) is 7.74. The third kappa shape index (κ3) is 4.60. The fraction of sp³-hybridized carbons (Fsp3) is 0.933. The van der Waals surface area contributed by atoms with Crippen molar-refractivity contribution in [2.45, 2.75) is 64.3 Å². The normalized spacial score (nSPS) is 29.4. The lowest BCUT2D eigenvalue weighted by Gasteiger charge is -2.27. The molecule has 18 heavy (non-hydrogen) atoms. The Morgan fingerprint density at radius 2 is 1.94 bits per heavy atom. The number of amides is 1. The Balaban J connectivity index is 1.54. The van der Waals surface area contributed by atoms with Crippen LogP contribution >= 0.6 is 0 Å². The van der Waals surface area contributed by atoms with E-state index in [0.717, 1.165) is 31.8 Å². The summed E-state index contributed by atoms with van der Waals surface area (Å²) in [6.45, 7) is 4.16. The highest BCUT2D eigenvalue weighted by atomic mass is 16.1. The number of rotatable bonds is 5. The number of hydrogen-bond acceptors (Lipinski definition) is 2. The van der Waals surface area contributed by atoms with Gasteiger partial charge in [0, 0.05) is 19.0 Å². The number of piperidine rings is 1. The van der Waals surface area contributed by atoms with Gasteiger partial charge in [-0.3, -0.25) is 4.79 Å². The van der Waals surface area contributed by atoms with Crippen molar-refractivity contribution in [2.75, 3.05) is 13.1 Å². The summed E-state index contributed by atoms with van der Waals surface area (Å²) in [7, 11) is 0. The highest BCUT2D eigenvalue weighted by molar-refractivity contribution is 5.75. The summed E-state index contributed by atoms with van der Waals surface area (Å²) in [6.07, 6.45) is 9.76. The molecule has 2 aliphatic rings. The van der Waals surface area contributed by atoms with Gasteiger partial charge in [-0.1, -0.05) is 25.7 Å². The van der Waals surface area contributed by atoms with Gasteiger partial charge in [0.2, 0.25) is 5.91 Å². The van der Waals surface area contributed by atoms with Crippen LogP contribution in [0.1, 0.15) is 58.3 Å². The Morgan fingerprint density at radius 3 is 2.61 bits per heavy atom. The molecule has 2 atom stereocenters. The molecule has 1 saturated heterocycles. The Morgan fingerprint density at radius 1 is 1.17 bits per heavy atom. The predicted octanol–water partition coefficient (Wildman–Crippen LogP) is 2.46.